The first-order valence-electron chi connectivity index (χ1n) is 19.7. The van der Waals surface area contributed by atoms with Crippen LogP contribution in [-0.2, 0) is 38.3 Å². The predicted molar refractivity (Wildman–Crippen MR) is 193 cm³/mol. The van der Waals surface area contributed by atoms with E-state index >= 15 is 0 Å². The van der Waals surface area contributed by atoms with Crippen LogP contribution in [0.25, 0.3) is 0 Å². The van der Waals surface area contributed by atoms with E-state index in [1.807, 2.05) is 0 Å². The van der Waals surface area contributed by atoms with Gasteiger partial charge in [0.2, 0.25) is 0 Å². The van der Waals surface area contributed by atoms with Crippen LogP contribution in [0.5, 0.6) is 0 Å². The van der Waals surface area contributed by atoms with Crippen molar-refractivity contribution in [2.24, 2.45) is 0 Å². The fourth-order valence-electron chi connectivity index (χ4n) is 6.38. The number of rotatable bonds is 34. The van der Waals surface area contributed by atoms with E-state index in [0.29, 0.717) is 6.61 Å². The first kappa shape index (κ1) is 47.1. The number of carbonyl (C=O) groups is 1. The van der Waals surface area contributed by atoms with Crippen LogP contribution in [0.2, 0.25) is 0 Å². The van der Waals surface area contributed by atoms with Crippen LogP contribution in [0.1, 0.15) is 168 Å². The molecule has 0 bridgehead atoms. The van der Waals surface area contributed by atoms with Crippen molar-refractivity contribution in [1.29, 1.82) is 0 Å². The summed E-state index contributed by atoms with van der Waals surface area (Å²) in [5.41, 5.74) is 0. The first-order chi connectivity index (χ1) is 24.1. The summed E-state index contributed by atoms with van der Waals surface area (Å²) >= 11 is 0. The second-order valence-electron chi connectivity index (χ2n) is 14.0. The number of unbranched alkanes of at least 4 members (excludes halogenated alkanes) is 23. The Morgan fingerprint density at radius 1 is 0.680 bits per heavy atom. The lowest BCUT2D eigenvalue weighted by molar-refractivity contribution is -0.301. The number of aliphatic hydroxyl groups is 3. The fraction of sp³-hybridized carbons (Fsp3) is 0.973. The van der Waals surface area contributed by atoms with Crippen molar-refractivity contribution < 1.29 is 56.2 Å². The Morgan fingerprint density at radius 2 is 1.10 bits per heavy atom. The molecule has 6 unspecified atom stereocenters. The summed E-state index contributed by atoms with van der Waals surface area (Å²) in [4.78, 5) is 11.6. The van der Waals surface area contributed by atoms with Crippen molar-refractivity contribution in [3.8, 4) is 0 Å². The number of carbonyl (C=O) groups excluding carboxylic acids is 1. The predicted octanol–water partition coefficient (Wildman–Crippen LogP) is 6.96. The molecular formula is C37H72O12S. The zero-order chi connectivity index (χ0) is 36.9. The van der Waals surface area contributed by atoms with E-state index in [9.17, 15) is 28.5 Å². The van der Waals surface area contributed by atoms with Crippen molar-refractivity contribution in [1.82, 2.24) is 0 Å². The molecule has 298 valence electrons. The minimum absolute atomic E-state index is 0.0265. The molecule has 50 heavy (non-hydrogen) atoms. The van der Waals surface area contributed by atoms with Crippen LogP contribution in [-0.4, -0.2) is 97.5 Å². The third-order valence-corrected chi connectivity index (χ3v) is 9.74. The van der Waals surface area contributed by atoms with Crippen molar-refractivity contribution in [3.05, 3.63) is 0 Å². The molecule has 0 aliphatic carbocycles. The van der Waals surface area contributed by atoms with Gasteiger partial charge in [-0.05, 0) is 6.42 Å². The van der Waals surface area contributed by atoms with E-state index in [4.69, 9.17) is 23.5 Å². The van der Waals surface area contributed by atoms with Gasteiger partial charge in [-0.25, -0.2) is 4.18 Å². The molecule has 0 aromatic carbocycles. The molecule has 1 rings (SSSR count). The van der Waals surface area contributed by atoms with E-state index in [2.05, 4.69) is 11.1 Å². The molecule has 0 amide bonds. The molecule has 1 saturated heterocycles. The largest absolute Gasteiger partial charge is 0.458 e. The highest BCUT2D eigenvalue weighted by Crippen LogP contribution is 2.26. The van der Waals surface area contributed by atoms with Crippen LogP contribution >= 0.6 is 0 Å². The van der Waals surface area contributed by atoms with E-state index in [1.54, 1.807) is 0 Å². The van der Waals surface area contributed by atoms with E-state index in [1.165, 1.54) is 142 Å². The van der Waals surface area contributed by atoms with Crippen molar-refractivity contribution in [2.75, 3.05) is 26.4 Å². The second kappa shape index (κ2) is 30.6. The summed E-state index contributed by atoms with van der Waals surface area (Å²) in [6.45, 7) is 2.98. The summed E-state index contributed by atoms with van der Waals surface area (Å²) in [5.74, 6) is -0.571. The normalized spacial score (nSPS) is 21.8. The molecule has 1 heterocycles. The zero-order valence-corrected chi connectivity index (χ0v) is 32.0. The average Bonchev–Trinajstić information content (AvgIpc) is 3.07. The Hall–Kier alpha value is -0.900. The maximum Gasteiger partial charge on any atom is 0.397 e. The Balaban J connectivity index is 2.01. The molecule has 1 fully saturated rings. The van der Waals surface area contributed by atoms with E-state index in [-0.39, 0.29) is 13.2 Å². The average molecular weight is 741 g/mol. The summed E-state index contributed by atoms with van der Waals surface area (Å²) in [7, 11) is -5.03. The molecule has 4 N–H and O–H groups in total. The Labute approximate surface area is 303 Å². The molecule has 1 aliphatic rings. The van der Waals surface area contributed by atoms with Gasteiger partial charge in [0.15, 0.2) is 6.29 Å². The van der Waals surface area contributed by atoms with Gasteiger partial charge in [0.25, 0.3) is 0 Å². The molecule has 0 aromatic rings. The number of esters is 1. The third kappa shape index (κ3) is 25.1. The molecule has 13 heteroatoms. The van der Waals surface area contributed by atoms with E-state index in [0.717, 1.165) is 19.3 Å². The maximum atomic E-state index is 11.6. The van der Waals surface area contributed by atoms with Gasteiger partial charge in [0.05, 0.1) is 19.8 Å². The lowest BCUT2D eigenvalue weighted by Gasteiger charge is -2.41. The highest BCUT2D eigenvalue weighted by Gasteiger charge is 2.48. The Bertz CT molecular complexity index is 905. The van der Waals surface area contributed by atoms with Gasteiger partial charge in [-0.15, -0.1) is 0 Å². The summed E-state index contributed by atoms with van der Waals surface area (Å²) in [6, 6.07) is 0. The number of hydrogen-bond acceptors (Lipinski definition) is 11. The van der Waals surface area contributed by atoms with Crippen LogP contribution in [0.15, 0.2) is 0 Å². The monoisotopic (exact) mass is 740 g/mol. The molecule has 6 atom stereocenters. The van der Waals surface area contributed by atoms with Crippen LogP contribution in [0.4, 0.5) is 0 Å². The van der Waals surface area contributed by atoms with Crippen LogP contribution < -0.4 is 0 Å². The van der Waals surface area contributed by atoms with Gasteiger partial charge in [-0.3, -0.25) is 9.35 Å². The lowest BCUT2D eigenvalue weighted by atomic mass is 9.99. The highest BCUT2D eigenvalue weighted by atomic mass is 32.3. The molecule has 0 spiro atoms. The highest BCUT2D eigenvalue weighted by molar-refractivity contribution is 7.80. The van der Waals surface area contributed by atoms with Gasteiger partial charge >= 0.3 is 16.4 Å². The summed E-state index contributed by atoms with van der Waals surface area (Å²) in [5, 5.41) is 30.0. The maximum absolute atomic E-state index is 11.6. The summed E-state index contributed by atoms with van der Waals surface area (Å²) in [6.07, 6.45) is 22.7. The molecule has 0 radical (unpaired) electrons. The van der Waals surface area contributed by atoms with Crippen molar-refractivity contribution in [3.63, 3.8) is 0 Å². The van der Waals surface area contributed by atoms with Gasteiger partial charge in [-0.1, -0.05) is 155 Å². The van der Waals surface area contributed by atoms with Crippen LogP contribution in [0.3, 0.4) is 0 Å². The number of hydrogen-bond donors (Lipinski definition) is 4. The van der Waals surface area contributed by atoms with Crippen molar-refractivity contribution in [2.45, 2.75) is 205 Å². The fourth-order valence-corrected chi connectivity index (χ4v) is 6.89. The SMILES string of the molecule is CCCCCCCCCCCCCCCCCCCCCCCCCCOCC(COC1OC(CO)C(O)C(OS(=O)(=O)O)C1O)OC(C)=O. The molecule has 1 aliphatic heterocycles. The van der Waals surface area contributed by atoms with Gasteiger partial charge < -0.3 is 34.3 Å². The molecule has 0 saturated carbocycles. The lowest BCUT2D eigenvalue weighted by Crippen LogP contribution is -2.60. The smallest absolute Gasteiger partial charge is 0.397 e. The number of ether oxygens (including phenoxy) is 4. The van der Waals surface area contributed by atoms with Crippen molar-refractivity contribution >= 4 is 16.4 Å². The minimum atomic E-state index is -5.03. The quantitative estimate of drug-likeness (QED) is 0.0303. The topological polar surface area (TPSA) is 178 Å². The first-order valence-corrected chi connectivity index (χ1v) is 21.1. The number of aliphatic hydroxyl groups excluding tert-OH is 3. The minimum Gasteiger partial charge on any atom is -0.458 e. The standard InChI is InChI=1S/C37H72O12S/c1-3-4-5-6-7-8-9-10-11-12-13-14-15-16-17-18-19-20-21-22-23-24-25-26-27-45-29-32(47-31(2)39)30-46-37-35(41)36(49-50(42,43)44)34(40)33(28-38)48-37/h32-38,40-41H,3-30H2,1-2H3,(H,42,43,44). The Kier molecular flexibility index (Phi) is 28.8. The van der Waals surface area contributed by atoms with E-state index < -0.39 is 59.8 Å². The zero-order valence-electron chi connectivity index (χ0n) is 31.2. The molecule has 0 aromatic heterocycles. The summed E-state index contributed by atoms with van der Waals surface area (Å²) < 4.78 is 57.4. The third-order valence-electron chi connectivity index (χ3n) is 9.28. The van der Waals surface area contributed by atoms with Gasteiger partial charge in [0, 0.05) is 13.5 Å². The Morgan fingerprint density at radius 3 is 1.48 bits per heavy atom. The van der Waals surface area contributed by atoms with Gasteiger partial charge in [-0.2, -0.15) is 8.42 Å². The van der Waals surface area contributed by atoms with Gasteiger partial charge in [0.1, 0.15) is 30.5 Å². The van der Waals surface area contributed by atoms with Crippen LogP contribution in [0, 0.1) is 0 Å². The molecule has 12 nitrogen and oxygen atoms in total. The molecular weight excluding hydrogens is 668 g/mol. The second-order valence-corrected chi connectivity index (χ2v) is 15.0.